The van der Waals surface area contributed by atoms with Crippen molar-refractivity contribution in [3.05, 3.63) is 23.5 Å². The van der Waals surface area contributed by atoms with Gasteiger partial charge in [-0.25, -0.2) is 4.98 Å². The molecule has 1 amide bonds. The molecule has 22 heavy (non-hydrogen) atoms. The summed E-state index contributed by atoms with van der Waals surface area (Å²) in [6.45, 7) is 9.27. The first-order chi connectivity index (χ1) is 10.6. The maximum atomic E-state index is 11.6. The number of hydrogen-bond acceptors (Lipinski definition) is 3. The maximum absolute atomic E-state index is 11.6. The Hall–Kier alpha value is -2.04. The van der Waals surface area contributed by atoms with Crippen LogP contribution < -0.4 is 4.74 Å². The number of amides is 1. The van der Waals surface area contributed by atoms with Gasteiger partial charge in [-0.15, -0.1) is 0 Å². The van der Waals surface area contributed by atoms with Crippen LogP contribution in [0.2, 0.25) is 0 Å². The highest BCUT2D eigenvalue weighted by molar-refractivity contribution is 5.88. The number of hydrogen-bond donors (Lipinski definition) is 0. The number of aryl methyl sites for hydroxylation is 2. The van der Waals surface area contributed by atoms with Crippen molar-refractivity contribution in [2.45, 2.75) is 40.2 Å². The van der Waals surface area contributed by atoms with Gasteiger partial charge in [-0.05, 0) is 38.8 Å². The molecule has 0 atom stereocenters. The van der Waals surface area contributed by atoms with Gasteiger partial charge >= 0.3 is 0 Å². The van der Waals surface area contributed by atoms with Gasteiger partial charge in [-0.2, -0.15) is 0 Å². The molecule has 5 heteroatoms. The van der Waals surface area contributed by atoms with Crippen molar-refractivity contribution in [2.24, 2.45) is 0 Å². The minimum absolute atomic E-state index is 0.235. The lowest BCUT2D eigenvalue weighted by Crippen LogP contribution is -2.29. The van der Waals surface area contributed by atoms with Gasteiger partial charge in [-0.3, -0.25) is 4.79 Å². The van der Waals surface area contributed by atoms with E-state index in [2.05, 4.69) is 30.3 Å². The number of fused-ring (bicyclic) bond motifs is 1. The first kappa shape index (κ1) is 14.9. The molecule has 2 aromatic rings. The highest BCUT2D eigenvalue weighted by Crippen LogP contribution is 2.30. The lowest BCUT2D eigenvalue weighted by atomic mass is 10.2. The van der Waals surface area contributed by atoms with E-state index in [-0.39, 0.29) is 5.91 Å². The summed E-state index contributed by atoms with van der Waals surface area (Å²) in [4.78, 5) is 17.9. The average molecular weight is 301 g/mol. The standard InChI is InChI=1S/C17H23N3O2/c1-4-20-13(3)12(2)14-7-8-18-17(16(14)20)22-11-10-19-9-5-6-15(19)21/h7-8H,4-6,9-11H2,1-3H3. The van der Waals surface area contributed by atoms with E-state index in [0.29, 0.717) is 25.5 Å². The first-order valence-electron chi connectivity index (χ1n) is 7.98. The van der Waals surface area contributed by atoms with Crippen LogP contribution in [0, 0.1) is 13.8 Å². The molecule has 1 aliphatic rings. The van der Waals surface area contributed by atoms with Gasteiger partial charge in [0.05, 0.1) is 6.54 Å². The molecule has 2 aromatic heterocycles. The summed E-state index contributed by atoms with van der Waals surface area (Å²) in [5.74, 6) is 0.903. The van der Waals surface area contributed by atoms with Crippen molar-refractivity contribution >= 4 is 16.8 Å². The molecule has 0 spiro atoms. The number of aromatic nitrogens is 2. The molecule has 0 N–H and O–H groups in total. The Morgan fingerprint density at radius 3 is 2.86 bits per heavy atom. The lowest BCUT2D eigenvalue weighted by molar-refractivity contribution is -0.128. The van der Waals surface area contributed by atoms with E-state index in [4.69, 9.17) is 4.74 Å². The maximum Gasteiger partial charge on any atom is 0.238 e. The van der Waals surface area contributed by atoms with Crippen LogP contribution in [0.5, 0.6) is 5.88 Å². The Labute approximate surface area is 130 Å². The van der Waals surface area contributed by atoms with Crippen LogP contribution >= 0.6 is 0 Å². The van der Waals surface area contributed by atoms with Gasteiger partial charge in [0.25, 0.3) is 0 Å². The zero-order chi connectivity index (χ0) is 15.7. The molecule has 1 aliphatic heterocycles. The van der Waals surface area contributed by atoms with E-state index in [1.807, 2.05) is 11.0 Å². The zero-order valence-corrected chi connectivity index (χ0v) is 13.6. The van der Waals surface area contributed by atoms with E-state index in [1.165, 1.54) is 16.6 Å². The smallest absolute Gasteiger partial charge is 0.238 e. The summed E-state index contributed by atoms with van der Waals surface area (Å²) in [7, 11) is 0. The second-order valence-corrected chi connectivity index (χ2v) is 5.80. The molecule has 118 valence electrons. The second-order valence-electron chi connectivity index (χ2n) is 5.80. The number of ether oxygens (including phenoxy) is 1. The number of carbonyl (C=O) groups excluding carboxylic acids is 1. The van der Waals surface area contributed by atoms with E-state index in [0.717, 1.165) is 25.0 Å². The van der Waals surface area contributed by atoms with Crippen LogP contribution in [0.25, 0.3) is 10.9 Å². The minimum Gasteiger partial charge on any atom is -0.474 e. The second kappa shape index (κ2) is 5.99. The number of likely N-dealkylation sites (tertiary alicyclic amines) is 1. The highest BCUT2D eigenvalue weighted by Gasteiger charge is 2.20. The number of carbonyl (C=O) groups is 1. The third kappa shape index (κ3) is 2.45. The number of pyridine rings is 1. The van der Waals surface area contributed by atoms with E-state index in [1.54, 1.807) is 6.20 Å². The molecule has 3 heterocycles. The Balaban J connectivity index is 1.81. The topological polar surface area (TPSA) is 47.4 Å². The molecule has 0 saturated carbocycles. The van der Waals surface area contributed by atoms with E-state index >= 15 is 0 Å². The summed E-state index contributed by atoms with van der Waals surface area (Å²) in [5.41, 5.74) is 3.59. The van der Waals surface area contributed by atoms with Crippen molar-refractivity contribution in [3.63, 3.8) is 0 Å². The predicted octanol–water partition coefficient (Wildman–Crippen LogP) is 2.67. The largest absolute Gasteiger partial charge is 0.474 e. The average Bonchev–Trinajstić information content (AvgIpc) is 3.03. The summed E-state index contributed by atoms with van der Waals surface area (Å²) in [6.07, 6.45) is 3.43. The predicted molar refractivity (Wildman–Crippen MR) is 86.2 cm³/mol. The number of rotatable bonds is 5. The summed E-state index contributed by atoms with van der Waals surface area (Å²) < 4.78 is 8.16. The van der Waals surface area contributed by atoms with Gasteiger partial charge in [-0.1, -0.05) is 0 Å². The van der Waals surface area contributed by atoms with Gasteiger partial charge < -0.3 is 14.2 Å². The van der Waals surface area contributed by atoms with Crippen LogP contribution in [0.4, 0.5) is 0 Å². The van der Waals surface area contributed by atoms with Gasteiger partial charge in [0, 0.05) is 36.8 Å². The Morgan fingerprint density at radius 1 is 1.36 bits per heavy atom. The fraction of sp³-hybridized carbons (Fsp3) is 0.529. The van der Waals surface area contributed by atoms with Crippen LogP contribution in [0.15, 0.2) is 12.3 Å². The van der Waals surface area contributed by atoms with E-state index in [9.17, 15) is 4.79 Å². The molecule has 0 bridgehead atoms. The van der Waals surface area contributed by atoms with E-state index < -0.39 is 0 Å². The molecular formula is C17H23N3O2. The van der Waals surface area contributed by atoms with Gasteiger partial charge in [0.2, 0.25) is 11.8 Å². The quantitative estimate of drug-likeness (QED) is 0.853. The SMILES string of the molecule is CCn1c(C)c(C)c2ccnc(OCCN3CCCC3=O)c21. The fourth-order valence-electron chi connectivity index (χ4n) is 3.26. The van der Waals surface area contributed by atoms with Crippen LogP contribution in [-0.4, -0.2) is 40.1 Å². The normalized spacial score (nSPS) is 15.0. The van der Waals surface area contributed by atoms with Crippen LogP contribution in [0.1, 0.15) is 31.0 Å². The molecule has 0 aromatic carbocycles. The fourth-order valence-corrected chi connectivity index (χ4v) is 3.26. The van der Waals surface area contributed by atoms with Crippen molar-refractivity contribution in [2.75, 3.05) is 19.7 Å². The first-order valence-corrected chi connectivity index (χ1v) is 7.98. The molecular weight excluding hydrogens is 278 g/mol. The molecule has 0 radical (unpaired) electrons. The lowest BCUT2D eigenvalue weighted by Gasteiger charge is -2.16. The summed E-state index contributed by atoms with van der Waals surface area (Å²) >= 11 is 0. The number of nitrogens with zero attached hydrogens (tertiary/aromatic N) is 3. The molecule has 1 fully saturated rings. The van der Waals surface area contributed by atoms with Crippen molar-refractivity contribution in [1.82, 2.24) is 14.5 Å². The van der Waals surface area contributed by atoms with Crippen LogP contribution in [-0.2, 0) is 11.3 Å². The summed E-state index contributed by atoms with van der Waals surface area (Å²) in [6, 6.07) is 2.04. The molecule has 0 unspecified atom stereocenters. The third-order valence-corrected chi connectivity index (χ3v) is 4.60. The third-order valence-electron chi connectivity index (χ3n) is 4.60. The van der Waals surface area contributed by atoms with Gasteiger partial charge in [0.1, 0.15) is 12.1 Å². The highest BCUT2D eigenvalue weighted by atomic mass is 16.5. The van der Waals surface area contributed by atoms with Crippen molar-refractivity contribution in [3.8, 4) is 5.88 Å². The molecule has 0 aliphatic carbocycles. The Morgan fingerprint density at radius 2 is 2.18 bits per heavy atom. The molecule has 5 nitrogen and oxygen atoms in total. The Bertz CT molecular complexity index is 705. The molecule has 1 saturated heterocycles. The minimum atomic E-state index is 0.235. The van der Waals surface area contributed by atoms with Gasteiger partial charge in [0.15, 0.2) is 0 Å². The zero-order valence-electron chi connectivity index (χ0n) is 13.6. The van der Waals surface area contributed by atoms with Crippen molar-refractivity contribution in [1.29, 1.82) is 0 Å². The monoisotopic (exact) mass is 301 g/mol. The Kier molecular flexibility index (Phi) is 4.05. The van der Waals surface area contributed by atoms with Crippen molar-refractivity contribution < 1.29 is 9.53 Å². The van der Waals surface area contributed by atoms with Crippen LogP contribution in [0.3, 0.4) is 0 Å². The summed E-state index contributed by atoms with van der Waals surface area (Å²) in [5, 5.41) is 1.20. The molecule has 3 rings (SSSR count).